The molecular weight excluding hydrogens is 408 g/mol. The van der Waals surface area contributed by atoms with Crippen LogP contribution in [0.2, 0.25) is 0 Å². The molecule has 1 aromatic heterocycles. The summed E-state index contributed by atoms with van der Waals surface area (Å²) in [5, 5.41) is 2.86. The van der Waals surface area contributed by atoms with Crippen LogP contribution in [0.3, 0.4) is 0 Å². The van der Waals surface area contributed by atoms with Crippen molar-refractivity contribution in [3.05, 3.63) is 69.1 Å². The fourth-order valence-corrected chi connectivity index (χ4v) is 2.80. The average molecular weight is 433 g/mol. The molecule has 0 aliphatic heterocycles. The van der Waals surface area contributed by atoms with E-state index in [2.05, 4.69) is 28.2 Å². The highest BCUT2D eigenvalue weighted by Crippen LogP contribution is 2.13. The van der Waals surface area contributed by atoms with E-state index in [9.17, 15) is 9.59 Å². The Morgan fingerprint density at radius 2 is 1.96 bits per heavy atom. The molecule has 0 atom stereocenters. The van der Waals surface area contributed by atoms with Crippen LogP contribution in [0.4, 0.5) is 0 Å². The van der Waals surface area contributed by atoms with Gasteiger partial charge in [-0.25, -0.2) is 0 Å². The van der Waals surface area contributed by atoms with Gasteiger partial charge < -0.3 is 14.6 Å². The number of hydrogen-bond donors (Lipinski definition) is 1. The Labute approximate surface area is 168 Å². The minimum Gasteiger partial charge on any atom is -0.494 e. The minimum atomic E-state index is -0.124. The van der Waals surface area contributed by atoms with E-state index in [1.54, 1.807) is 29.0 Å². The number of halogens is 1. The van der Waals surface area contributed by atoms with Gasteiger partial charge >= 0.3 is 0 Å². The predicted molar refractivity (Wildman–Crippen MR) is 112 cm³/mol. The fourth-order valence-electron chi connectivity index (χ4n) is 2.42. The number of ether oxygens (including phenoxy) is 1. The lowest BCUT2D eigenvalue weighted by molar-refractivity contribution is -0.116. The van der Waals surface area contributed by atoms with Crippen molar-refractivity contribution in [3.63, 3.8) is 0 Å². The summed E-state index contributed by atoms with van der Waals surface area (Å²) in [7, 11) is 0. The summed E-state index contributed by atoms with van der Waals surface area (Å²) < 4.78 is 8.08. The van der Waals surface area contributed by atoms with Crippen LogP contribution in [-0.2, 0) is 11.3 Å². The maximum Gasteiger partial charge on any atom is 0.250 e. The number of benzene rings is 1. The van der Waals surface area contributed by atoms with Gasteiger partial charge in [-0.15, -0.1) is 0 Å². The zero-order valence-corrected chi connectivity index (χ0v) is 17.1. The number of aromatic nitrogens is 1. The summed E-state index contributed by atoms with van der Waals surface area (Å²) in [5.41, 5.74) is 0.930. The number of hydrogen-bond acceptors (Lipinski definition) is 3. The molecular formula is C21H25BrN2O3. The van der Waals surface area contributed by atoms with Crippen LogP contribution in [0.15, 0.2) is 57.9 Å². The molecule has 27 heavy (non-hydrogen) atoms. The first-order chi connectivity index (χ1) is 13.1. The maximum absolute atomic E-state index is 11.9. The van der Waals surface area contributed by atoms with Crippen molar-refractivity contribution in [1.82, 2.24) is 9.88 Å². The first-order valence-corrected chi connectivity index (χ1v) is 9.92. The van der Waals surface area contributed by atoms with E-state index in [-0.39, 0.29) is 11.5 Å². The normalized spacial score (nSPS) is 10.9. The Bertz CT molecular complexity index is 813. The first kappa shape index (κ1) is 21.0. The molecule has 5 nitrogen and oxygen atoms in total. The summed E-state index contributed by atoms with van der Waals surface area (Å²) in [4.78, 5) is 23.6. The average Bonchev–Trinajstić information content (AvgIpc) is 2.68. The third kappa shape index (κ3) is 7.83. The lowest BCUT2D eigenvalue weighted by Gasteiger charge is -2.06. The van der Waals surface area contributed by atoms with E-state index in [1.807, 2.05) is 24.3 Å². The Morgan fingerprint density at radius 1 is 1.19 bits per heavy atom. The molecule has 6 heteroatoms. The third-order valence-electron chi connectivity index (χ3n) is 3.85. The predicted octanol–water partition coefficient (Wildman–Crippen LogP) is 4.01. The van der Waals surface area contributed by atoms with Gasteiger partial charge in [0, 0.05) is 35.9 Å². The van der Waals surface area contributed by atoms with Crippen molar-refractivity contribution >= 4 is 27.9 Å². The number of unbranched alkanes of at least 4 members (excludes halogenated alkanes) is 1. The molecule has 2 rings (SSSR count). The molecule has 0 aliphatic carbocycles. The van der Waals surface area contributed by atoms with E-state index in [4.69, 9.17) is 4.74 Å². The number of pyridine rings is 1. The molecule has 0 fully saturated rings. The Hall–Kier alpha value is -2.34. The molecule has 1 N–H and O–H groups in total. The van der Waals surface area contributed by atoms with E-state index in [1.165, 1.54) is 6.08 Å². The molecule has 144 valence electrons. The molecule has 0 unspecified atom stereocenters. The Kier molecular flexibility index (Phi) is 8.84. The molecule has 0 aliphatic rings. The summed E-state index contributed by atoms with van der Waals surface area (Å²) in [6, 6.07) is 10.9. The number of nitrogens with one attached hydrogen (secondary N) is 1. The van der Waals surface area contributed by atoms with Crippen molar-refractivity contribution < 1.29 is 9.53 Å². The van der Waals surface area contributed by atoms with Crippen LogP contribution in [0.1, 0.15) is 31.7 Å². The zero-order chi connectivity index (χ0) is 19.5. The van der Waals surface area contributed by atoms with E-state index < -0.39 is 0 Å². The molecule has 2 aromatic rings. The lowest BCUT2D eigenvalue weighted by Crippen LogP contribution is -2.23. The Balaban J connectivity index is 1.67. The van der Waals surface area contributed by atoms with Crippen LogP contribution in [-0.4, -0.2) is 23.6 Å². The molecule has 0 saturated carbocycles. The summed E-state index contributed by atoms with van der Waals surface area (Å²) in [6.45, 7) is 3.98. The number of rotatable bonds is 10. The maximum atomic E-state index is 11.9. The highest BCUT2D eigenvalue weighted by molar-refractivity contribution is 9.10. The molecule has 0 bridgehead atoms. The van der Waals surface area contributed by atoms with Gasteiger partial charge in [0.1, 0.15) is 5.75 Å². The smallest absolute Gasteiger partial charge is 0.250 e. The van der Waals surface area contributed by atoms with Crippen LogP contribution in [0.5, 0.6) is 5.75 Å². The van der Waals surface area contributed by atoms with Gasteiger partial charge in [-0.2, -0.15) is 0 Å². The van der Waals surface area contributed by atoms with E-state index >= 15 is 0 Å². The van der Waals surface area contributed by atoms with Crippen molar-refractivity contribution in [2.75, 3.05) is 13.2 Å². The van der Waals surface area contributed by atoms with Gasteiger partial charge in [0.05, 0.1) is 6.61 Å². The van der Waals surface area contributed by atoms with Gasteiger partial charge in [-0.3, -0.25) is 9.59 Å². The van der Waals surface area contributed by atoms with Gasteiger partial charge in [0.25, 0.3) is 5.56 Å². The molecule has 1 aromatic carbocycles. The fraction of sp³-hybridized carbons (Fsp3) is 0.333. The quantitative estimate of drug-likeness (QED) is 0.455. The second-order valence-electron chi connectivity index (χ2n) is 6.13. The van der Waals surface area contributed by atoms with Crippen LogP contribution < -0.4 is 15.6 Å². The van der Waals surface area contributed by atoms with Crippen LogP contribution in [0, 0.1) is 0 Å². The largest absolute Gasteiger partial charge is 0.494 e. The number of nitrogens with zero attached hydrogens (tertiary/aromatic N) is 1. The molecule has 0 radical (unpaired) electrons. The number of carbonyl (C=O) groups excluding carboxylic acids is 1. The highest BCUT2D eigenvalue weighted by atomic mass is 79.9. The van der Waals surface area contributed by atoms with Gasteiger partial charge in [-0.05, 0) is 65.0 Å². The van der Waals surface area contributed by atoms with Crippen molar-refractivity contribution in [3.8, 4) is 5.75 Å². The second-order valence-corrected chi connectivity index (χ2v) is 7.04. The van der Waals surface area contributed by atoms with Crippen LogP contribution in [0.25, 0.3) is 6.08 Å². The molecule has 1 heterocycles. The zero-order valence-electron chi connectivity index (χ0n) is 15.5. The second kappa shape index (κ2) is 11.4. The molecule has 1 amide bonds. The van der Waals surface area contributed by atoms with Crippen LogP contribution >= 0.6 is 15.9 Å². The van der Waals surface area contributed by atoms with E-state index in [0.29, 0.717) is 19.7 Å². The number of aryl methyl sites for hydroxylation is 1. The standard InChI is InChI=1S/C21H25BrN2O3/c1-2-15-27-19-9-5-17(6-10-19)7-11-20(25)23-13-3-4-14-24-16-18(22)8-12-21(24)26/h5-12,16H,2-4,13-15H2,1H3,(H,23,25)/b11-7+. The third-order valence-corrected chi connectivity index (χ3v) is 4.32. The van der Waals surface area contributed by atoms with Crippen molar-refractivity contribution in [2.24, 2.45) is 0 Å². The first-order valence-electron chi connectivity index (χ1n) is 9.13. The Morgan fingerprint density at radius 3 is 2.70 bits per heavy atom. The number of amides is 1. The van der Waals surface area contributed by atoms with Crippen molar-refractivity contribution in [1.29, 1.82) is 0 Å². The number of carbonyl (C=O) groups is 1. The van der Waals surface area contributed by atoms with Gasteiger partial charge in [-0.1, -0.05) is 19.1 Å². The summed E-state index contributed by atoms with van der Waals surface area (Å²) >= 11 is 3.36. The molecule has 0 spiro atoms. The SMILES string of the molecule is CCCOc1ccc(/C=C/C(=O)NCCCCn2cc(Br)ccc2=O)cc1. The monoisotopic (exact) mass is 432 g/mol. The van der Waals surface area contributed by atoms with Gasteiger partial charge in [0.2, 0.25) is 5.91 Å². The minimum absolute atomic E-state index is 0.0173. The topological polar surface area (TPSA) is 60.3 Å². The van der Waals surface area contributed by atoms with E-state index in [0.717, 1.165) is 35.0 Å². The summed E-state index contributed by atoms with van der Waals surface area (Å²) in [5.74, 6) is 0.712. The lowest BCUT2D eigenvalue weighted by atomic mass is 10.2. The highest BCUT2D eigenvalue weighted by Gasteiger charge is 1.99. The van der Waals surface area contributed by atoms with Crippen molar-refractivity contribution in [2.45, 2.75) is 32.7 Å². The summed E-state index contributed by atoms with van der Waals surface area (Å²) in [6.07, 6.45) is 7.69. The van der Waals surface area contributed by atoms with Gasteiger partial charge in [0.15, 0.2) is 0 Å². The molecule has 0 saturated heterocycles.